The molecule has 0 bridgehead atoms. The molecule has 3 atom stereocenters. The zero-order chi connectivity index (χ0) is 30.8. The zero-order valence-electron chi connectivity index (χ0n) is 23.9. The predicted octanol–water partition coefficient (Wildman–Crippen LogP) is 4.31. The van der Waals surface area contributed by atoms with Gasteiger partial charge in [-0.3, -0.25) is 24.0 Å². The van der Waals surface area contributed by atoms with Crippen LogP contribution < -0.4 is 0 Å². The van der Waals surface area contributed by atoms with E-state index in [9.17, 15) is 27.6 Å². The van der Waals surface area contributed by atoms with E-state index in [2.05, 4.69) is 25.0 Å². The number of pyridine rings is 2. The highest BCUT2D eigenvalue weighted by Gasteiger charge is 2.64. The minimum atomic E-state index is -4.63. The van der Waals surface area contributed by atoms with E-state index in [0.717, 1.165) is 12.5 Å². The number of carbonyl (C=O) groups excluding carboxylic acids is 3. The average molecular weight is 592 g/mol. The van der Waals surface area contributed by atoms with Crippen LogP contribution in [0.5, 0.6) is 0 Å². The average Bonchev–Trinajstić information content (AvgIpc) is 3.31. The van der Waals surface area contributed by atoms with Crippen molar-refractivity contribution in [2.24, 2.45) is 5.41 Å². The summed E-state index contributed by atoms with van der Waals surface area (Å²) in [5.74, 6) is -0.416. The lowest BCUT2D eigenvalue weighted by Gasteiger charge is -2.27. The number of hydrogen-bond donors (Lipinski definition) is 0. The molecule has 1 saturated heterocycles. The first-order valence-corrected chi connectivity index (χ1v) is 13.8. The van der Waals surface area contributed by atoms with Crippen molar-refractivity contribution in [1.82, 2.24) is 34.6 Å². The summed E-state index contributed by atoms with van der Waals surface area (Å²) in [4.78, 5) is 57.9. The number of nitrogens with zero attached hydrogens (tertiary/aromatic N) is 7. The van der Waals surface area contributed by atoms with Gasteiger partial charge in [-0.2, -0.15) is 18.3 Å². The van der Waals surface area contributed by atoms with Crippen molar-refractivity contribution in [3.8, 4) is 11.3 Å². The zero-order valence-corrected chi connectivity index (χ0v) is 23.9. The summed E-state index contributed by atoms with van der Waals surface area (Å²) in [6, 6.07) is 2.94. The third-order valence-electron chi connectivity index (χ3n) is 8.46. The summed E-state index contributed by atoms with van der Waals surface area (Å²) in [6.45, 7) is 6.51. The standard InChI is InChI=1S/C30H28F3N7O3/c1-15-5-6-25(30(31,32)33)37-20(15)8-24(42)22-9-29(4)10-26(29)40(22)27(43)14-39-23-13-36-21(18-11-34-17(3)35-12-18)7-19(23)28(38-39)16(2)41/h5-7,11-13,22,26H,8-10,14H2,1-4H3/t22-,26+,29-/m0/s1. The summed E-state index contributed by atoms with van der Waals surface area (Å²) in [7, 11) is 0. The second-order valence-electron chi connectivity index (χ2n) is 11.7. The third-order valence-corrected chi connectivity index (χ3v) is 8.46. The Labute approximate surface area is 244 Å². The largest absolute Gasteiger partial charge is 0.433 e. The Morgan fingerprint density at radius 2 is 1.77 bits per heavy atom. The molecule has 13 heteroatoms. The number of hydrogen-bond acceptors (Lipinski definition) is 8. The molecule has 0 radical (unpaired) electrons. The number of rotatable bonds is 7. The molecule has 6 rings (SSSR count). The number of alkyl halides is 3. The molecule has 10 nitrogen and oxygen atoms in total. The van der Waals surface area contributed by atoms with E-state index in [-0.39, 0.29) is 53.3 Å². The fraction of sp³-hybridized carbons (Fsp3) is 0.400. The Hall–Kier alpha value is -4.55. The van der Waals surface area contributed by atoms with Gasteiger partial charge in [0.15, 0.2) is 11.6 Å². The van der Waals surface area contributed by atoms with Crippen LogP contribution >= 0.6 is 0 Å². The molecule has 1 aliphatic heterocycles. The van der Waals surface area contributed by atoms with Crippen LogP contribution in [0.2, 0.25) is 0 Å². The van der Waals surface area contributed by atoms with Crippen molar-refractivity contribution in [2.45, 2.75) is 71.8 Å². The van der Waals surface area contributed by atoms with E-state index in [1.807, 2.05) is 6.92 Å². The summed E-state index contributed by atoms with van der Waals surface area (Å²) in [6.07, 6.45) is 0.990. The minimum Gasteiger partial charge on any atom is -0.327 e. The summed E-state index contributed by atoms with van der Waals surface area (Å²) < 4.78 is 41.2. The highest BCUT2D eigenvalue weighted by molar-refractivity contribution is 6.05. The Kier molecular flexibility index (Phi) is 6.66. The van der Waals surface area contributed by atoms with Crippen LogP contribution in [0.25, 0.3) is 22.2 Å². The van der Waals surface area contributed by atoms with E-state index < -0.39 is 17.9 Å². The molecule has 2 aliphatic rings. The number of aryl methyl sites for hydroxylation is 2. The molecule has 43 heavy (non-hydrogen) atoms. The first-order valence-electron chi connectivity index (χ1n) is 13.8. The van der Waals surface area contributed by atoms with E-state index in [1.54, 1.807) is 37.2 Å². The number of fused-ring (bicyclic) bond motifs is 2. The van der Waals surface area contributed by atoms with Crippen LogP contribution in [-0.4, -0.2) is 64.2 Å². The van der Waals surface area contributed by atoms with Gasteiger partial charge in [0, 0.05) is 36.3 Å². The molecule has 1 saturated carbocycles. The van der Waals surface area contributed by atoms with Gasteiger partial charge in [0.05, 0.1) is 35.6 Å². The third kappa shape index (κ3) is 5.17. The molecule has 0 aromatic carbocycles. The van der Waals surface area contributed by atoms with Crippen molar-refractivity contribution in [2.75, 3.05) is 0 Å². The number of aromatic nitrogens is 6. The molecular weight excluding hydrogens is 563 g/mol. The van der Waals surface area contributed by atoms with Crippen LogP contribution in [0.15, 0.2) is 36.8 Å². The Morgan fingerprint density at radius 3 is 2.44 bits per heavy atom. The van der Waals surface area contributed by atoms with Gasteiger partial charge in [-0.15, -0.1) is 0 Å². The molecule has 0 spiro atoms. The molecule has 0 unspecified atom stereocenters. The van der Waals surface area contributed by atoms with Crippen molar-refractivity contribution in [3.63, 3.8) is 0 Å². The van der Waals surface area contributed by atoms with Crippen molar-refractivity contribution in [3.05, 3.63) is 65.3 Å². The monoisotopic (exact) mass is 591 g/mol. The first kappa shape index (κ1) is 28.6. The number of Topliss-reactive ketones (excluding diaryl/α,β-unsaturated/α-hetero) is 2. The highest BCUT2D eigenvalue weighted by atomic mass is 19.4. The van der Waals surface area contributed by atoms with Gasteiger partial charge in [-0.25, -0.2) is 15.0 Å². The van der Waals surface area contributed by atoms with Gasteiger partial charge in [-0.1, -0.05) is 13.0 Å². The maximum Gasteiger partial charge on any atom is 0.433 e. The molecule has 222 valence electrons. The van der Waals surface area contributed by atoms with Crippen LogP contribution in [0.3, 0.4) is 0 Å². The van der Waals surface area contributed by atoms with Gasteiger partial charge in [0.2, 0.25) is 5.91 Å². The lowest BCUT2D eigenvalue weighted by atomic mass is 9.96. The second kappa shape index (κ2) is 10.0. The lowest BCUT2D eigenvalue weighted by Crippen LogP contribution is -2.45. The number of halogens is 3. The fourth-order valence-corrected chi connectivity index (χ4v) is 5.95. The molecular formula is C30H28F3N7O3. The van der Waals surface area contributed by atoms with Crippen molar-refractivity contribution < 1.29 is 27.6 Å². The van der Waals surface area contributed by atoms with Crippen molar-refractivity contribution >= 4 is 28.4 Å². The van der Waals surface area contributed by atoms with Crippen LogP contribution in [0.4, 0.5) is 13.2 Å². The normalized spacial score (nSPS) is 21.2. The molecule has 5 heterocycles. The first-order chi connectivity index (χ1) is 20.2. The van der Waals surface area contributed by atoms with E-state index in [0.29, 0.717) is 40.0 Å². The molecule has 4 aromatic heterocycles. The molecule has 2 fully saturated rings. The molecule has 0 N–H and O–H groups in total. The van der Waals surface area contributed by atoms with Gasteiger partial charge < -0.3 is 4.90 Å². The number of piperidine rings is 1. The Balaban J connectivity index is 1.28. The predicted molar refractivity (Wildman–Crippen MR) is 148 cm³/mol. The Bertz CT molecular complexity index is 1800. The van der Waals surface area contributed by atoms with Gasteiger partial charge in [-0.05, 0) is 49.8 Å². The Morgan fingerprint density at radius 1 is 1.05 bits per heavy atom. The van der Waals surface area contributed by atoms with E-state index in [4.69, 9.17) is 0 Å². The lowest BCUT2D eigenvalue weighted by molar-refractivity contribution is -0.141. The van der Waals surface area contributed by atoms with E-state index in [1.165, 1.54) is 23.9 Å². The van der Waals surface area contributed by atoms with Gasteiger partial charge in [0.1, 0.15) is 23.8 Å². The van der Waals surface area contributed by atoms with E-state index >= 15 is 0 Å². The maximum absolute atomic E-state index is 13.8. The summed E-state index contributed by atoms with van der Waals surface area (Å²) >= 11 is 0. The van der Waals surface area contributed by atoms with Crippen LogP contribution in [-0.2, 0) is 28.7 Å². The summed E-state index contributed by atoms with van der Waals surface area (Å²) in [5, 5.41) is 4.95. The summed E-state index contributed by atoms with van der Waals surface area (Å²) in [5.41, 5.74) is 1.06. The fourth-order valence-electron chi connectivity index (χ4n) is 5.95. The maximum atomic E-state index is 13.8. The SMILES string of the molecule is CC(=O)c1nn(CC(=O)N2[C@H](C(=O)Cc3nc(C(F)(F)F)ccc3C)C[C@@]3(C)C[C@@H]23)c2cnc(-c3cnc(C)nc3)cc12. The number of carbonyl (C=O) groups is 3. The van der Waals surface area contributed by atoms with Gasteiger partial charge >= 0.3 is 6.18 Å². The molecule has 4 aromatic rings. The van der Waals surface area contributed by atoms with Crippen LogP contribution in [0, 0.1) is 19.3 Å². The number of amides is 1. The van der Waals surface area contributed by atoms with Crippen molar-refractivity contribution in [1.29, 1.82) is 0 Å². The molecule has 1 amide bonds. The van der Waals surface area contributed by atoms with Crippen LogP contribution in [0.1, 0.15) is 60.0 Å². The second-order valence-corrected chi connectivity index (χ2v) is 11.7. The smallest absolute Gasteiger partial charge is 0.327 e. The highest BCUT2D eigenvalue weighted by Crippen LogP contribution is 2.59. The van der Waals surface area contributed by atoms with Gasteiger partial charge in [0.25, 0.3) is 0 Å². The molecule has 1 aliphatic carbocycles. The number of ketones is 2. The number of likely N-dealkylation sites (tertiary alicyclic amines) is 1. The quantitative estimate of drug-likeness (QED) is 0.291. The topological polar surface area (TPSA) is 124 Å². The minimum absolute atomic E-state index is 0.0444.